The van der Waals surface area contributed by atoms with Crippen LogP contribution in [0.5, 0.6) is 11.6 Å². The van der Waals surface area contributed by atoms with Gasteiger partial charge in [-0.25, -0.2) is 19.9 Å². The summed E-state index contributed by atoms with van der Waals surface area (Å²) in [4.78, 5) is 42.2. The minimum atomic E-state index is -0.310. The van der Waals surface area contributed by atoms with Gasteiger partial charge >= 0.3 is 0 Å². The van der Waals surface area contributed by atoms with Gasteiger partial charge in [-0.3, -0.25) is 4.79 Å². The van der Waals surface area contributed by atoms with Gasteiger partial charge in [0.05, 0.1) is 51.9 Å². The number of hydrogen-bond donors (Lipinski definition) is 2. The van der Waals surface area contributed by atoms with Crippen LogP contribution in [0.4, 0.5) is 17.6 Å². The van der Waals surface area contributed by atoms with E-state index in [1.165, 1.54) is 19.3 Å². The molecule has 1 saturated carbocycles. The summed E-state index contributed by atoms with van der Waals surface area (Å²) in [6.07, 6.45) is 14.8. The first-order valence-corrected chi connectivity index (χ1v) is 25.4. The molecule has 0 atom stereocenters. The number of carbonyl (C=O) groups excluding carboxylic acids is 1. The Balaban J connectivity index is 0.653. The molecule has 16 nitrogen and oxygen atoms in total. The number of nitrogens with zero attached hydrogens (tertiary/aromatic N) is 11. The van der Waals surface area contributed by atoms with Crippen LogP contribution in [0.25, 0.3) is 5.65 Å². The van der Waals surface area contributed by atoms with E-state index in [9.17, 15) is 10.1 Å². The standard InChI is InChI=1S/C52H68ClN13O3/c1-6-38-34-59-66-43(28-44(60-46(38)66)64-18-8-7-9-19-64)55-30-37-11-14-45(56-31-37)68-26-10-17-62-22-24-63(25-23-62)35-36-15-20-65(21-16-36)50-57-32-40(33-58-50)47(67)61-48-51(2,3)49(52(48,4)5)69-41-13-12-39(29-54)42(53)27-41/h11-14,27-28,31-34,36,48-49,55H,6-10,15-26,30,35H2,1-5H3,(H,61,67)/p+1. The van der Waals surface area contributed by atoms with E-state index >= 15 is 0 Å². The summed E-state index contributed by atoms with van der Waals surface area (Å²) in [5.41, 5.74) is 3.42. The fourth-order valence-corrected chi connectivity index (χ4v) is 11.5. The van der Waals surface area contributed by atoms with Crippen molar-refractivity contribution in [2.45, 2.75) is 98.3 Å². The van der Waals surface area contributed by atoms with Gasteiger partial charge in [-0.05, 0) is 90.2 Å². The van der Waals surface area contributed by atoms with Crippen molar-refractivity contribution in [3.8, 4) is 17.7 Å². The molecular formula is C52H69ClN13O3+. The molecule has 1 aromatic carbocycles. The van der Waals surface area contributed by atoms with Crippen molar-refractivity contribution in [1.29, 1.82) is 5.26 Å². The molecule has 3 aliphatic heterocycles. The number of piperidine rings is 2. The lowest BCUT2D eigenvalue weighted by atomic mass is 9.49. The molecule has 1 amide bonds. The number of amides is 1. The SMILES string of the molecule is CCc1cnn2c(NCc3ccc(OCCCN4CCN(CC5CCN(c6ncc(C(=O)NC7C(C)(C)C([OH+]c8ccc(C#N)c(Cl)c8)C7(C)C)cn6)CC5)CC4)nc3)cc(N3CCCCC3)nc12. The number of ether oxygens (including phenoxy) is 2. The molecule has 17 heteroatoms. The van der Waals surface area contributed by atoms with Crippen LogP contribution >= 0.6 is 11.6 Å². The van der Waals surface area contributed by atoms with Gasteiger partial charge in [0, 0.05) is 114 Å². The normalized spacial score (nSPS) is 20.8. The third-order valence-corrected chi connectivity index (χ3v) is 15.3. The number of benzene rings is 1. The predicted molar refractivity (Wildman–Crippen MR) is 270 cm³/mol. The van der Waals surface area contributed by atoms with Crippen LogP contribution in [-0.2, 0) is 13.0 Å². The lowest BCUT2D eigenvalue weighted by Gasteiger charge is -2.60. The average molecular weight is 960 g/mol. The molecule has 1 aliphatic carbocycles. The molecule has 0 unspecified atom stereocenters. The Kier molecular flexibility index (Phi) is 14.7. The highest BCUT2D eigenvalue weighted by Gasteiger charge is 2.67. The van der Waals surface area contributed by atoms with E-state index in [1.54, 1.807) is 24.5 Å². The number of hydrogen-bond acceptors (Lipinski definition) is 13. The Morgan fingerprint density at radius 2 is 1.62 bits per heavy atom. The van der Waals surface area contributed by atoms with Gasteiger partial charge in [0.2, 0.25) is 11.8 Å². The Morgan fingerprint density at radius 3 is 2.30 bits per heavy atom. The second-order valence-corrected chi connectivity index (χ2v) is 21.0. The molecule has 4 aromatic heterocycles. The molecule has 0 spiro atoms. The van der Waals surface area contributed by atoms with Crippen LogP contribution in [0.3, 0.4) is 0 Å². The highest BCUT2D eigenvalue weighted by Crippen LogP contribution is 2.56. The average Bonchev–Trinajstić information content (AvgIpc) is 3.80. The van der Waals surface area contributed by atoms with E-state index in [0.29, 0.717) is 47.0 Å². The van der Waals surface area contributed by atoms with Crippen molar-refractivity contribution >= 4 is 40.7 Å². The smallest absolute Gasteiger partial charge is 0.256 e. The largest absolute Gasteiger partial charge is 0.580 e. The van der Waals surface area contributed by atoms with Gasteiger partial charge in [0.1, 0.15) is 17.7 Å². The van der Waals surface area contributed by atoms with Gasteiger partial charge in [-0.1, -0.05) is 24.6 Å². The van der Waals surface area contributed by atoms with E-state index in [0.717, 1.165) is 125 Å². The lowest BCUT2D eigenvalue weighted by Crippen LogP contribution is -2.74. The van der Waals surface area contributed by atoms with Crippen molar-refractivity contribution in [3.05, 3.63) is 88.5 Å². The van der Waals surface area contributed by atoms with Gasteiger partial charge in [0.15, 0.2) is 11.8 Å². The molecule has 9 rings (SSSR count). The van der Waals surface area contributed by atoms with E-state index in [1.807, 2.05) is 29.0 Å². The summed E-state index contributed by atoms with van der Waals surface area (Å²) in [6.45, 7) is 22.3. The zero-order chi connectivity index (χ0) is 48.1. The minimum Gasteiger partial charge on any atom is -0.580 e. The molecule has 3 saturated heterocycles. The molecule has 0 radical (unpaired) electrons. The number of aryl methyl sites for hydroxylation is 1. The highest BCUT2D eigenvalue weighted by molar-refractivity contribution is 6.31. The molecular weight excluding hydrogens is 890 g/mol. The minimum absolute atomic E-state index is 0.0616. The summed E-state index contributed by atoms with van der Waals surface area (Å²) in [5.74, 6) is 4.49. The molecule has 69 heavy (non-hydrogen) atoms. The molecule has 4 aliphatic rings. The van der Waals surface area contributed by atoms with Crippen LogP contribution in [0.1, 0.15) is 100 Å². The number of pyridine rings is 1. The second-order valence-electron chi connectivity index (χ2n) is 20.6. The van der Waals surface area contributed by atoms with Crippen LogP contribution in [0, 0.1) is 28.1 Å². The number of carbonyl (C=O) groups is 1. The maximum Gasteiger partial charge on any atom is 0.256 e. The number of rotatable bonds is 17. The van der Waals surface area contributed by atoms with Gasteiger partial charge in [-0.15, -0.1) is 0 Å². The number of halogens is 1. The van der Waals surface area contributed by atoms with Crippen molar-refractivity contribution < 1.29 is 14.3 Å². The van der Waals surface area contributed by atoms with Crippen LogP contribution in [0.2, 0.25) is 5.02 Å². The molecule has 366 valence electrons. The Hall–Kier alpha value is -5.76. The van der Waals surface area contributed by atoms with Crippen molar-refractivity contribution in [2.24, 2.45) is 16.7 Å². The Bertz CT molecular complexity index is 2560. The lowest BCUT2D eigenvalue weighted by molar-refractivity contribution is -0.245. The first-order valence-electron chi connectivity index (χ1n) is 25.1. The summed E-state index contributed by atoms with van der Waals surface area (Å²) >= 11 is 6.29. The molecule has 3 N–H and O–H groups in total. The van der Waals surface area contributed by atoms with Crippen molar-refractivity contribution in [2.75, 3.05) is 87.2 Å². The van der Waals surface area contributed by atoms with Gasteiger partial charge in [0.25, 0.3) is 11.7 Å². The number of aromatic hydroxyl groups is 1. The summed E-state index contributed by atoms with van der Waals surface area (Å²) < 4.78 is 13.0. The number of fused-ring (bicyclic) bond motifs is 1. The highest BCUT2D eigenvalue weighted by atomic mass is 35.5. The third kappa shape index (κ3) is 10.9. The number of nitrogens with one attached hydrogen (secondary N) is 2. The number of anilines is 3. The first kappa shape index (κ1) is 48.3. The molecule has 5 aromatic rings. The molecule has 0 bridgehead atoms. The maximum atomic E-state index is 13.5. The summed E-state index contributed by atoms with van der Waals surface area (Å²) in [6, 6.07) is 13.4. The summed E-state index contributed by atoms with van der Waals surface area (Å²) in [7, 11) is 0. The second kappa shape index (κ2) is 21.1. The van der Waals surface area contributed by atoms with Crippen molar-refractivity contribution in [3.63, 3.8) is 0 Å². The topological polar surface area (TPSA) is 169 Å². The van der Waals surface area contributed by atoms with Gasteiger partial charge in [-0.2, -0.15) is 14.9 Å². The van der Waals surface area contributed by atoms with E-state index in [4.69, 9.17) is 26.1 Å². The fraction of sp³-hybridized carbons (Fsp3) is 0.558. The maximum absolute atomic E-state index is 13.5. The number of piperazine rings is 1. The van der Waals surface area contributed by atoms with Crippen molar-refractivity contribution in [1.82, 2.24) is 44.7 Å². The van der Waals surface area contributed by atoms with Gasteiger partial charge < -0.3 is 39.7 Å². The zero-order valence-corrected chi connectivity index (χ0v) is 41.8. The fourth-order valence-electron chi connectivity index (χ4n) is 11.3. The quantitative estimate of drug-likeness (QED) is 0.0701. The van der Waals surface area contributed by atoms with Crippen LogP contribution in [0.15, 0.2) is 61.2 Å². The number of aromatic nitrogens is 6. The molecule has 7 heterocycles. The monoisotopic (exact) mass is 959 g/mol. The van der Waals surface area contributed by atoms with Crippen LogP contribution < -0.4 is 25.2 Å². The zero-order valence-electron chi connectivity index (χ0n) is 41.0. The Morgan fingerprint density at radius 1 is 0.884 bits per heavy atom. The number of nitriles is 1. The third-order valence-electron chi connectivity index (χ3n) is 15.0. The predicted octanol–water partition coefficient (Wildman–Crippen LogP) is 7.38. The Labute approximate surface area is 411 Å². The van der Waals surface area contributed by atoms with E-state index < -0.39 is 0 Å². The van der Waals surface area contributed by atoms with E-state index in [2.05, 4.69) is 103 Å². The number of aliphatic hydroxyl groups is 1. The first-order chi connectivity index (χ1) is 33.4. The van der Waals surface area contributed by atoms with E-state index in [-0.39, 0.29) is 28.9 Å². The summed E-state index contributed by atoms with van der Waals surface area (Å²) in [5, 5.41) is 21.2. The van der Waals surface area contributed by atoms with Crippen LogP contribution in [-0.4, -0.2) is 134 Å². The molecule has 4 fully saturated rings.